The van der Waals surface area contributed by atoms with Gasteiger partial charge in [0, 0.05) is 11.8 Å². The van der Waals surface area contributed by atoms with Gasteiger partial charge in [0.25, 0.3) is 0 Å². The van der Waals surface area contributed by atoms with E-state index < -0.39 is 5.97 Å². The normalized spacial score (nSPS) is 10.7. The van der Waals surface area contributed by atoms with Crippen LogP contribution in [-0.4, -0.2) is 37.5 Å². The molecule has 2 heterocycles. The van der Waals surface area contributed by atoms with Gasteiger partial charge in [0.2, 0.25) is 0 Å². The van der Waals surface area contributed by atoms with Crippen LogP contribution in [0.25, 0.3) is 0 Å². The van der Waals surface area contributed by atoms with E-state index in [1.165, 1.54) is 0 Å². The van der Waals surface area contributed by atoms with Crippen molar-refractivity contribution in [2.75, 3.05) is 12.3 Å². The van der Waals surface area contributed by atoms with E-state index in [2.05, 4.69) is 20.3 Å². The van der Waals surface area contributed by atoms with Crippen molar-refractivity contribution >= 4 is 11.8 Å². The quantitative estimate of drug-likeness (QED) is 0.614. The summed E-state index contributed by atoms with van der Waals surface area (Å²) < 4.78 is 12.3. The molecule has 0 aliphatic rings. The van der Waals surface area contributed by atoms with E-state index in [1.807, 2.05) is 32.0 Å². The summed E-state index contributed by atoms with van der Waals surface area (Å²) in [5, 5.41) is 7.99. The smallest absolute Gasteiger partial charge is 0.344 e. The molecule has 0 saturated carbocycles. The fourth-order valence-corrected chi connectivity index (χ4v) is 2.50. The Balaban J connectivity index is 1.50. The maximum atomic E-state index is 11.9. The molecule has 3 rings (SSSR count). The predicted octanol–water partition coefficient (Wildman–Crippen LogP) is 1.75. The number of carbonyl (C=O) groups excluding carboxylic acids is 1. The average Bonchev–Trinajstić information content (AvgIpc) is 3.11. The fraction of sp³-hybridized carbons (Fsp3) is 0.316. The zero-order valence-electron chi connectivity index (χ0n) is 16.0. The zero-order chi connectivity index (χ0) is 20.1. The second-order valence-corrected chi connectivity index (χ2v) is 6.38. The lowest BCUT2D eigenvalue weighted by Gasteiger charge is -2.10. The van der Waals surface area contributed by atoms with Crippen LogP contribution in [0.15, 0.2) is 30.6 Å². The number of hydrogen-bond donors (Lipinski definition) is 1. The van der Waals surface area contributed by atoms with Gasteiger partial charge >= 0.3 is 5.97 Å². The molecular weight excluding hydrogens is 360 g/mol. The highest BCUT2D eigenvalue weighted by Crippen LogP contribution is 2.20. The van der Waals surface area contributed by atoms with Crippen LogP contribution in [0, 0.1) is 20.8 Å². The van der Waals surface area contributed by atoms with Crippen molar-refractivity contribution in [1.29, 1.82) is 0 Å². The topological polar surface area (TPSA) is 118 Å². The third-order valence-electron chi connectivity index (χ3n) is 4.22. The van der Waals surface area contributed by atoms with Crippen molar-refractivity contribution in [3.05, 3.63) is 58.8 Å². The minimum Gasteiger partial charge on any atom is -0.482 e. The van der Waals surface area contributed by atoms with E-state index in [4.69, 9.17) is 15.2 Å². The number of aromatic nitrogens is 5. The lowest BCUT2D eigenvalue weighted by atomic mass is 10.1. The second kappa shape index (κ2) is 8.47. The molecule has 0 aliphatic carbocycles. The molecule has 0 aliphatic heterocycles. The van der Waals surface area contributed by atoms with E-state index in [0.29, 0.717) is 29.6 Å². The van der Waals surface area contributed by atoms with Crippen LogP contribution in [0.3, 0.4) is 0 Å². The third kappa shape index (κ3) is 4.81. The van der Waals surface area contributed by atoms with Crippen molar-refractivity contribution in [3.8, 4) is 5.75 Å². The van der Waals surface area contributed by atoms with E-state index in [0.717, 1.165) is 16.7 Å². The molecule has 9 nitrogen and oxygen atoms in total. The molecule has 3 aromatic rings. The SMILES string of the molecule is Cc1ncc(Cn2cc(COC(=O)COc3cccc(C)c3C)nn2)c(N)n1. The van der Waals surface area contributed by atoms with Gasteiger partial charge in [-0.1, -0.05) is 17.3 Å². The predicted molar refractivity (Wildman–Crippen MR) is 102 cm³/mol. The van der Waals surface area contributed by atoms with Gasteiger partial charge in [0.05, 0.1) is 12.7 Å². The summed E-state index contributed by atoms with van der Waals surface area (Å²) in [5.74, 6) is 1.20. The van der Waals surface area contributed by atoms with Crippen molar-refractivity contribution in [2.24, 2.45) is 0 Å². The van der Waals surface area contributed by atoms with Gasteiger partial charge in [-0.05, 0) is 38.0 Å². The van der Waals surface area contributed by atoms with Gasteiger partial charge in [0.15, 0.2) is 6.61 Å². The molecule has 28 heavy (non-hydrogen) atoms. The second-order valence-electron chi connectivity index (χ2n) is 6.38. The van der Waals surface area contributed by atoms with E-state index in [1.54, 1.807) is 24.0 Å². The van der Waals surface area contributed by atoms with Crippen LogP contribution in [0.4, 0.5) is 5.82 Å². The van der Waals surface area contributed by atoms with Crippen molar-refractivity contribution in [1.82, 2.24) is 25.0 Å². The third-order valence-corrected chi connectivity index (χ3v) is 4.22. The van der Waals surface area contributed by atoms with Crippen molar-refractivity contribution < 1.29 is 14.3 Å². The Kier molecular flexibility index (Phi) is 5.83. The Hall–Kier alpha value is -3.49. The number of nitrogens with two attached hydrogens (primary N) is 1. The number of aryl methyl sites for hydroxylation is 2. The molecule has 0 radical (unpaired) electrons. The average molecular weight is 382 g/mol. The van der Waals surface area contributed by atoms with E-state index >= 15 is 0 Å². The number of nitrogen functional groups attached to an aromatic ring is 1. The molecule has 0 amide bonds. The standard InChI is InChI=1S/C19H22N6O3/c1-12-5-4-6-17(13(12)2)27-11-18(26)28-10-16-9-25(24-23-16)8-15-7-21-14(3)22-19(15)20/h4-7,9H,8,10-11H2,1-3H3,(H2,20,21,22). The van der Waals surface area contributed by atoms with E-state index in [-0.39, 0.29) is 13.2 Å². The number of esters is 1. The summed E-state index contributed by atoms with van der Waals surface area (Å²) in [6.07, 6.45) is 3.34. The molecule has 0 bridgehead atoms. The summed E-state index contributed by atoms with van der Waals surface area (Å²) in [6.45, 7) is 5.92. The first-order valence-corrected chi connectivity index (χ1v) is 8.74. The lowest BCUT2D eigenvalue weighted by molar-refractivity contribution is -0.147. The highest BCUT2D eigenvalue weighted by molar-refractivity contribution is 5.71. The molecule has 0 spiro atoms. The number of benzene rings is 1. The van der Waals surface area contributed by atoms with E-state index in [9.17, 15) is 4.79 Å². The maximum absolute atomic E-state index is 11.9. The molecule has 0 unspecified atom stereocenters. The van der Waals surface area contributed by atoms with Gasteiger partial charge in [0.1, 0.15) is 29.7 Å². The molecule has 0 atom stereocenters. The summed E-state index contributed by atoms with van der Waals surface area (Å²) in [5.41, 5.74) is 9.23. The molecular formula is C19H22N6O3. The molecule has 9 heteroatoms. The number of nitrogens with zero attached hydrogens (tertiary/aromatic N) is 5. The van der Waals surface area contributed by atoms with Crippen LogP contribution < -0.4 is 10.5 Å². The summed E-state index contributed by atoms with van der Waals surface area (Å²) >= 11 is 0. The molecule has 0 fully saturated rings. The highest BCUT2D eigenvalue weighted by atomic mass is 16.6. The number of hydrogen-bond acceptors (Lipinski definition) is 8. The fourth-order valence-electron chi connectivity index (χ4n) is 2.50. The molecule has 1 aromatic carbocycles. The molecule has 2 N–H and O–H groups in total. The first-order valence-electron chi connectivity index (χ1n) is 8.74. The first kappa shape index (κ1) is 19.3. The number of ether oxygens (including phenoxy) is 2. The molecule has 146 valence electrons. The van der Waals surface area contributed by atoms with Gasteiger partial charge in [-0.2, -0.15) is 0 Å². The van der Waals surface area contributed by atoms with Gasteiger partial charge in [-0.25, -0.2) is 19.4 Å². The minimum absolute atomic E-state index is 0.00880. The highest BCUT2D eigenvalue weighted by Gasteiger charge is 2.10. The number of rotatable bonds is 7. The summed E-state index contributed by atoms with van der Waals surface area (Å²) in [4.78, 5) is 20.2. The lowest BCUT2D eigenvalue weighted by Crippen LogP contribution is -2.15. The zero-order valence-corrected chi connectivity index (χ0v) is 16.0. The minimum atomic E-state index is -0.480. The van der Waals surface area contributed by atoms with Crippen LogP contribution in [0.1, 0.15) is 28.2 Å². The maximum Gasteiger partial charge on any atom is 0.344 e. The first-order chi connectivity index (χ1) is 13.4. The Bertz CT molecular complexity index is 986. The van der Waals surface area contributed by atoms with Crippen molar-refractivity contribution in [3.63, 3.8) is 0 Å². The largest absolute Gasteiger partial charge is 0.482 e. The number of anilines is 1. The van der Waals surface area contributed by atoms with Crippen LogP contribution in [-0.2, 0) is 22.7 Å². The molecule has 0 saturated heterocycles. The van der Waals surface area contributed by atoms with Crippen LogP contribution in [0.2, 0.25) is 0 Å². The Labute approximate surface area is 162 Å². The molecule has 2 aromatic heterocycles. The Morgan fingerprint density at radius 2 is 2.07 bits per heavy atom. The monoisotopic (exact) mass is 382 g/mol. The summed E-state index contributed by atoms with van der Waals surface area (Å²) in [7, 11) is 0. The van der Waals surface area contributed by atoms with Crippen molar-refractivity contribution in [2.45, 2.75) is 33.9 Å². The van der Waals surface area contributed by atoms with Gasteiger partial charge < -0.3 is 15.2 Å². The van der Waals surface area contributed by atoms with Crippen LogP contribution >= 0.6 is 0 Å². The summed E-state index contributed by atoms with van der Waals surface area (Å²) in [6, 6.07) is 5.69. The Morgan fingerprint density at radius 1 is 1.25 bits per heavy atom. The number of carbonyl (C=O) groups is 1. The van der Waals surface area contributed by atoms with Crippen LogP contribution in [0.5, 0.6) is 5.75 Å². The van der Waals surface area contributed by atoms with Gasteiger partial charge in [-0.15, -0.1) is 5.10 Å². The Morgan fingerprint density at radius 3 is 2.86 bits per heavy atom. The van der Waals surface area contributed by atoms with Gasteiger partial charge in [-0.3, -0.25) is 0 Å².